The number of aliphatic hydroxyl groups excluding tert-OH is 1. The van der Waals surface area contributed by atoms with Gasteiger partial charge in [-0.25, -0.2) is 16.3 Å². The van der Waals surface area contributed by atoms with Crippen LogP contribution < -0.4 is 0 Å². The van der Waals surface area contributed by atoms with E-state index in [4.69, 9.17) is 11.3 Å². The Balaban J connectivity index is 1.89. The fourth-order valence-corrected chi connectivity index (χ4v) is 2.99. The Morgan fingerprint density at radius 3 is 2.77 bits per heavy atom. The minimum absolute atomic E-state index is 0.115. The van der Waals surface area contributed by atoms with Crippen molar-refractivity contribution in [3.63, 3.8) is 0 Å². The molecule has 1 N–H and O–H groups in total. The summed E-state index contributed by atoms with van der Waals surface area (Å²) in [5, 5.41) is 9.21. The van der Waals surface area contributed by atoms with Gasteiger partial charge in [0.2, 0.25) is 0 Å². The highest BCUT2D eigenvalue weighted by molar-refractivity contribution is 5.68. The minimum Gasteiger partial charge on any atom is -0.444 e. The maximum Gasteiger partial charge on any atom is 0.415 e. The monoisotopic (exact) mass is 302 g/mol. The molecular formula is C17H22N2O3. The number of carbonyl (C=O) groups is 1. The maximum absolute atomic E-state index is 12.1. The Labute approximate surface area is 131 Å². The highest BCUT2D eigenvalue weighted by Gasteiger charge is 2.39. The lowest BCUT2D eigenvalue weighted by Crippen LogP contribution is -2.39. The zero-order valence-electron chi connectivity index (χ0n) is 12.8. The molecule has 0 bridgehead atoms. The van der Waals surface area contributed by atoms with Crippen molar-refractivity contribution in [2.24, 2.45) is 11.8 Å². The molecule has 1 fully saturated rings. The van der Waals surface area contributed by atoms with Gasteiger partial charge in [-0.1, -0.05) is 30.3 Å². The van der Waals surface area contributed by atoms with Gasteiger partial charge in [-0.05, 0) is 30.7 Å². The van der Waals surface area contributed by atoms with E-state index >= 15 is 0 Å². The summed E-state index contributed by atoms with van der Waals surface area (Å²) in [6.45, 7) is 7.74. The third-order valence-electron chi connectivity index (χ3n) is 4.28. The van der Waals surface area contributed by atoms with Crippen LogP contribution in [-0.4, -0.2) is 35.9 Å². The molecule has 0 heterocycles. The summed E-state index contributed by atoms with van der Waals surface area (Å²) in [5.74, 6) is 0.368. The summed E-state index contributed by atoms with van der Waals surface area (Å²) in [7, 11) is 1.61. The summed E-state index contributed by atoms with van der Waals surface area (Å²) in [5.41, 5.74) is 0.921. The van der Waals surface area contributed by atoms with Crippen LogP contribution in [0.5, 0.6) is 0 Å². The predicted octanol–water partition coefficient (Wildman–Crippen LogP) is 2.91. The van der Waals surface area contributed by atoms with E-state index in [0.29, 0.717) is 0 Å². The normalized spacial score (nSPS) is 21.9. The van der Waals surface area contributed by atoms with Gasteiger partial charge in [0.25, 0.3) is 0 Å². The third-order valence-corrected chi connectivity index (χ3v) is 4.28. The van der Waals surface area contributed by atoms with E-state index < -0.39 is 12.3 Å². The molecule has 0 aliphatic heterocycles. The average molecular weight is 302 g/mol. The van der Waals surface area contributed by atoms with Crippen molar-refractivity contribution in [2.75, 3.05) is 13.7 Å². The zero-order chi connectivity index (χ0) is 15.9. The Morgan fingerprint density at radius 2 is 2.18 bits per heavy atom. The Kier molecular flexibility index (Phi) is 5.79. The largest absolute Gasteiger partial charge is 0.444 e. The number of ether oxygens (including phenoxy) is 1. The van der Waals surface area contributed by atoms with Gasteiger partial charge in [-0.15, -0.1) is 0 Å². The van der Waals surface area contributed by atoms with Crippen molar-refractivity contribution in [1.29, 1.82) is 0 Å². The van der Waals surface area contributed by atoms with Gasteiger partial charge in [-0.2, -0.15) is 0 Å². The van der Waals surface area contributed by atoms with Crippen LogP contribution in [-0.2, 0) is 11.3 Å². The van der Waals surface area contributed by atoms with Crippen LogP contribution in [0.15, 0.2) is 30.3 Å². The van der Waals surface area contributed by atoms with Crippen molar-refractivity contribution in [3.05, 3.63) is 47.3 Å². The van der Waals surface area contributed by atoms with E-state index in [1.54, 1.807) is 7.05 Å². The van der Waals surface area contributed by atoms with Gasteiger partial charge in [0.05, 0.1) is 5.92 Å². The summed E-state index contributed by atoms with van der Waals surface area (Å²) in [6.07, 6.45) is 1.59. The molecule has 1 aromatic carbocycles. The van der Waals surface area contributed by atoms with Crippen molar-refractivity contribution in [1.82, 2.24) is 4.90 Å². The van der Waals surface area contributed by atoms with Gasteiger partial charge in [-0.3, -0.25) is 4.85 Å². The van der Waals surface area contributed by atoms with Gasteiger partial charge in [0, 0.05) is 13.7 Å². The predicted molar refractivity (Wildman–Crippen MR) is 82.7 cm³/mol. The second kappa shape index (κ2) is 7.81. The highest BCUT2D eigenvalue weighted by Crippen LogP contribution is 2.35. The first kappa shape index (κ1) is 16.3. The lowest BCUT2D eigenvalue weighted by molar-refractivity contribution is 0.0872. The molecule has 2 rings (SSSR count). The molecule has 0 radical (unpaired) electrons. The molecule has 0 aromatic heterocycles. The standard InChI is InChI=1S/C17H22N2O3/c1-18-16(15-9-8-14(10-15)11-20)19(2)17(21)22-12-13-6-4-3-5-7-13/h3-7,14-16,20H,8-12H2,2H3. The van der Waals surface area contributed by atoms with E-state index in [0.717, 1.165) is 24.8 Å². The Hall–Kier alpha value is -2.06. The van der Waals surface area contributed by atoms with Crippen molar-refractivity contribution in [3.8, 4) is 0 Å². The van der Waals surface area contributed by atoms with Gasteiger partial charge < -0.3 is 9.84 Å². The molecule has 0 saturated heterocycles. The van der Waals surface area contributed by atoms with Crippen LogP contribution in [0.2, 0.25) is 0 Å². The van der Waals surface area contributed by atoms with E-state index in [1.165, 1.54) is 4.90 Å². The molecule has 1 aromatic rings. The fourth-order valence-electron chi connectivity index (χ4n) is 2.99. The quantitative estimate of drug-likeness (QED) is 0.851. The molecule has 0 spiro atoms. The number of benzene rings is 1. The van der Waals surface area contributed by atoms with Crippen molar-refractivity contribution >= 4 is 6.09 Å². The molecule has 5 nitrogen and oxygen atoms in total. The van der Waals surface area contributed by atoms with Gasteiger partial charge in [0.1, 0.15) is 6.61 Å². The highest BCUT2D eigenvalue weighted by atomic mass is 16.6. The van der Waals surface area contributed by atoms with Crippen LogP contribution in [0, 0.1) is 18.4 Å². The summed E-state index contributed by atoms with van der Waals surface area (Å²) < 4.78 is 5.28. The van der Waals surface area contributed by atoms with Gasteiger partial charge >= 0.3 is 12.3 Å². The molecule has 1 saturated carbocycles. The summed E-state index contributed by atoms with van der Waals surface area (Å²) >= 11 is 0. The Bertz CT molecular complexity index is 526. The van der Waals surface area contributed by atoms with E-state index in [2.05, 4.69) is 4.85 Å². The molecule has 1 amide bonds. The van der Waals surface area contributed by atoms with Crippen LogP contribution in [0.4, 0.5) is 4.79 Å². The number of hydrogen-bond acceptors (Lipinski definition) is 3. The van der Waals surface area contributed by atoms with Crippen LogP contribution >= 0.6 is 0 Å². The zero-order valence-corrected chi connectivity index (χ0v) is 12.8. The summed E-state index contributed by atoms with van der Waals surface area (Å²) in [6, 6.07) is 9.47. The molecule has 1 aliphatic rings. The second-order valence-corrected chi connectivity index (χ2v) is 5.82. The van der Waals surface area contributed by atoms with E-state index in [1.807, 2.05) is 30.3 Å². The van der Waals surface area contributed by atoms with E-state index in [9.17, 15) is 9.90 Å². The molecule has 22 heavy (non-hydrogen) atoms. The van der Waals surface area contributed by atoms with Crippen molar-refractivity contribution < 1.29 is 14.6 Å². The minimum atomic E-state index is -0.514. The fraction of sp³-hybridized carbons (Fsp3) is 0.529. The molecule has 3 unspecified atom stereocenters. The summed E-state index contributed by atoms with van der Waals surface area (Å²) in [4.78, 5) is 17.1. The Morgan fingerprint density at radius 1 is 1.45 bits per heavy atom. The number of carbonyl (C=O) groups excluding carboxylic acids is 1. The second-order valence-electron chi connectivity index (χ2n) is 5.82. The first-order valence-electron chi connectivity index (χ1n) is 7.56. The third kappa shape index (κ3) is 3.99. The maximum atomic E-state index is 12.1. The molecule has 118 valence electrons. The topological polar surface area (TPSA) is 54.1 Å². The lowest BCUT2D eigenvalue weighted by atomic mass is 10.0. The average Bonchev–Trinajstić information content (AvgIpc) is 3.03. The number of rotatable bonds is 5. The van der Waals surface area contributed by atoms with E-state index in [-0.39, 0.29) is 25.0 Å². The number of amides is 1. The first-order chi connectivity index (χ1) is 10.7. The van der Waals surface area contributed by atoms with Crippen molar-refractivity contribution in [2.45, 2.75) is 32.0 Å². The number of nitrogens with zero attached hydrogens (tertiary/aromatic N) is 2. The molecule has 3 atom stereocenters. The lowest BCUT2D eigenvalue weighted by Gasteiger charge is -2.22. The van der Waals surface area contributed by atoms with Crippen LogP contribution in [0.25, 0.3) is 4.85 Å². The van der Waals surface area contributed by atoms with Crippen LogP contribution in [0.3, 0.4) is 0 Å². The molecule has 5 heteroatoms. The first-order valence-corrected chi connectivity index (χ1v) is 7.56. The smallest absolute Gasteiger partial charge is 0.415 e. The van der Waals surface area contributed by atoms with Crippen LogP contribution in [0.1, 0.15) is 24.8 Å². The number of hydrogen-bond donors (Lipinski definition) is 1. The molecular weight excluding hydrogens is 280 g/mol. The SMILES string of the molecule is [C-]#[N+]C(C1CCC(CO)C1)N(C)C(=O)OCc1ccccc1. The molecule has 1 aliphatic carbocycles. The number of aliphatic hydroxyl groups is 1. The van der Waals surface area contributed by atoms with Gasteiger partial charge in [0.15, 0.2) is 0 Å².